The van der Waals surface area contributed by atoms with E-state index in [4.69, 9.17) is 0 Å². The Morgan fingerprint density at radius 3 is 2.23 bits per heavy atom. The van der Waals surface area contributed by atoms with E-state index in [0.29, 0.717) is 11.7 Å². The molecule has 0 amide bonds. The summed E-state index contributed by atoms with van der Waals surface area (Å²) < 4.78 is 0. The molecular weight excluding hydrogens is 268 g/mol. The van der Waals surface area contributed by atoms with Crippen molar-refractivity contribution < 1.29 is 4.79 Å². The monoisotopic (exact) mass is 292 g/mol. The van der Waals surface area contributed by atoms with Gasteiger partial charge in [0.15, 0.2) is 0 Å². The number of carbonyl (C=O) groups excluding carboxylic acids is 1. The van der Waals surface area contributed by atoms with E-state index in [0.717, 1.165) is 19.3 Å². The summed E-state index contributed by atoms with van der Waals surface area (Å²) in [5, 5.41) is 0. The van der Waals surface area contributed by atoms with Gasteiger partial charge in [-0.25, -0.2) is 0 Å². The first-order valence-electron chi connectivity index (χ1n) is 8.39. The first kappa shape index (κ1) is 15.0. The molecule has 22 heavy (non-hydrogen) atoms. The Morgan fingerprint density at radius 2 is 1.59 bits per heavy atom. The van der Waals surface area contributed by atoms with E-state index in [-0.39, 0.29) is 11.8 Å². The average molecular weight is 292 g/mol. The average Bonchev–Trinajstić information content (AvgIpc) is 2.85. The third-order valence-electron chi connectivity index (χ3n) is 5.08. The summed E-state index contributed by atoms with van der Waals surface area (Å²) in [6.45, 7) is 4.27. The lowest BCUT2D eigenvalue weighted by atomic mass is 9.89. The zero-order chi connectivity index (χ0) is 15.5. The fraction of sp³-hybridized carbons (Fsp3) is 0.381. The van der Waals surface area contributed by atoms with Gasteiger partial charge >= 0.3 is 0 Å². The highest BCUT2D eigenvalue weighted by molar-refractivity contribution is 5.86. The third kappa shape index (κ3) is 2.85. The van der Waals surface area contributed by atoms with Gasteiger partial charge in [-0.2, -0.15) is 0 Å². The Kier molecular flexibility index (Phi) is 4.42. The minimum absolute atomic E-state index is 0.166. The van der Waals surface area contributed by atoms with Crippen molar-refractivity contribution in [3.05, 3.63) is 60.2 Å². The number of Topliss-reactive ketones (excluding diaryl/α,β-unsaturated/α-hetero) is 1. The van der Waals surface area contributed by atoms with Crippen LogP contribution in [0.2, 0.25) is 0 Å². The Hall–Kier alpha value is -1.89. The fourth-order valence-corrected chi connectivity index (χ4v) is 3.78. The lowest BCUT2D eigenvalue weighted by Gasteiger charge is -2.15. The van der Waals surface area contributed by atoms with Gasteiger partial charge in [0.2, 0.25) is 0 Å². The Labute approximate surface area is 133 Å². The molecule has 1 aliphatic carbocycles. The molecule has 0 aliphatic heterocycles. The van der Waals surface area contributed by atoms with E-state index in [1.807, 2.05) is 6.07 Å². The summed E-state index contributed by atoms with van der Waals surface area (Å²) in [4.78, 5) is 12.4. The zero-order valence-electron chi connectivity index (χ0n) is 13.5. The second kappa shape index (κ2) is 6.48. The smallest absolute Gasteiger partial charge is 0.139 e. The minimum Gasteiger partial charge on any atom is -0.299 e. The topological polar surface area (TPSA) is 17.1 Å². The van der Waals surface area contributed by atoms with Crippen LogP contribution in [-0.2, 0) is 4.79 Å². The molecule has 0 bridgehead atoms. The van der Waals surface area contributed by atoms with E-state index >= 15 is 0 Å². The van der Waals surface area contributed by atoms with Crippen molar-refractivity contribution in [1.29, 1.82) is 0 Å². The van der Waals surface area contributed by atoms with Crippen LogP contribution in [0.3, 0.4) is 0 Å². The maximum atomic E-state index is 12.4. The van der Waals surface area contributed by atoms with Crippen LogP contribution in [0, 0.1) is 11.8 Å². The molecule has 0 spiro atoms. The van der Waals surface area contributed by atoms with Gasteiger partial charge in [0.25, 0.3) is 0 Å². The number of ketones is 1. The van der Waals surface area contributed by atoms with Gasteiger partial charge in [0.05, 0.1) is 0 Å². The minimum atomic E-state index is 0.166. The number of hydrogen-bond acceptors (Lipinski definition) is 1. The molecular formula is C21H24O. The van der Waals surface area contributed by atoms with Gasteiger partial charge in [-0.15, -0.1) is 0 Å². The molecule has 2 aromatic rings. The van der Waals surface area contributed by atoms with Crippen LogP contribution in [0.5, 0.6) is 0 Å². The Bertz CT molecular complexity index is 627. The lowest BCUT2D eigenvalue weighted by Crippen LogP contribution is -2.13. The van der Waals surface area contributed by atoms with Crippen molar-refractivity contribution in [2.24, 2.45) is 11.8 Å². The number of rotatable bonds is 4. The van der Waals surface area contributed by atoms with Gasteiger partial charge in [0, 0.05) is 11.8 Å². The summed E-state index contributed by atoms with van der Waals surface area (Å²) in [6.07, 6.45) is 3.17. The van der Waals surface area contributed by atoms with Gasteiger partial charge in [-0.1, -0.05) is 74.9 Å². The molecule has 1 nitrogen and oxygen atoms in total. The summed E-state index contributed by atoms with van der Waals surface area (Å²) in [7, 11) is 0. The predicted octanol–water partition coefficient (Wildman–Crippen LogP) is 5.46. The maximum absolute atomic E-state index is 12.4. The van der Waals surface area contributed by atoms with E-state index < -0.39 is 0 Å². The second-order valence-corrected chi connectivity index (χ2v) is 6.51. The maximum Gasteiger partial charge on any atom is 0.139 e. The molecule has 1 saturated carbocycles. The molecule has 3 rings (SSSR count). The lowest BCUT2D eigenvalue weighted by molar-refractivity contribution is -0.123. The third-order valence-corrected chi connectivity index (χ3v) is 5.08. The molecule has 114 valence electrons. The normalized spacial score (nSPS) is 24.6. The summed E-state index contributed by atoms with van der Waals surface area (Å²) in [5.41, 5.74) is 3.80. The molecule has 1 heteroatoms. The van der Waals surface area contributed by atoms with Gasteiger partial charge < -0.3 is 0 Å². The van der Waals surface area contributed by atoms with Crippen molar-refractivity contribution in [2.45, 2.75) is 39.0 Å². The zero-order valence-corrected chi connectivity index (χ0v) is 13.5. The van der Waals surface area contributed by atoms with Crippen LogP contribution in [0.1, 0.15) is 44.6 Å². The molecule has 0 heterocycles. The van der Waals surface area contributed by atoms with Crippen LogP contribution in [0.25, 0.3) is 11.1 Å². The molecule has 1 aliphatic rings. The largest absolute Gasteiger partial charge is 0.299 e. The van der Waals surface area contributed by atoms with Crippen LogP contribution in [0.15, 0.2) is 54.6 Å². The van der Waals surface area contributed by atoms with Crippen LogP contribution < -0.4 is 0 Å². The van der Waals surface area contributed by atoms with E-state index in [2.05, 4.69) is 62.4 Å². The summed E-state index contributed by atoms with van der Waals surface area (Å²) in [6, 6.07) is 19.2. The molecule has 3 atom stereocenters. The molecule has 0 saturated heterocycles. The van der Waals surface area contributed by atoms with Crippen molar-refractivity contribution in [3.8, 4) is 11.1 Å². The number of carbonyl (C=O) groups is 1. The highest BCUT2D eigenvalue weighted by atomic mass is 16.1. The molecule has 1 fully saturated rings. The highest BCUT2D eigenvalue weighted by Gasteiger charge is 2.39. The van der Waals surface area contributed by atoms with Crippen molar-refractivity contribution in [1.82, 2.24) is 0 Å². The standard InChI is InChI=1S/C21H24O/c1-3-7-19-14-20(15(2)21(19)22)18-12-10-17(11-13-18)16-8-5-4-6-9-16/h4-6,8-13,15,19-20H,3,7,14H2,1-2H3. The van der Waals surface area contributed by atoms with Crippen molar-refractivity contribution in [3.63, 3.8) is 0 Å². The number of benzene rings is 2. The summed E-state index contributed by atoms with van der Waals surface area (Å²) >= 11 is 0. The Balaban J connectivity index is 1.80. The number of hydrogen-bond donors (Lipinski definition) is 0. The van der Waals surface area contributed by atoms with Gasteiger partial charge in [-0.05, 0) is 35.4 Å². The highest BCUT2D eigenvalue weighted by Crippen LogP contribution is 2.42. The van der Waals surface area contributed by atoms with E-state index in [9.17, 15) is 4.79 Å². The Morgan fingerprint density at radius 1 is 0.955 bits per heavy atom. The second-order valence-electron chi connectivity index (χ2n) is 6.51. The molecule has 0 radical (unpaired) electrons. The molecule has 2 aromatic carbocycles. The van der Waals surface area contributed by atoms with Crippen LogP contribution >= 0.6 is 0 Å². The van der Waals surface area contributed by atoms with Gasteiger partial charge in [0.1, 0.15) is 5.78 Å². The van der Waals surface area contributed by atoms with E-state index in [1.165, 1.54) is 16.7 Å². The SMILES string of the molecule is CCCC1CC(c2ccc(-c3ccccc3)cc2)C(C)C1=O. The first-order valence-corrected chi connectivity index (χ1v) is 8.39. The van der Waals surface area contributed by atoms with Crippen molar-refractivity contribution >= 4 is 5.78 Å². The summed E-state index contributed by atoms with van der Waals surface area (Å²) in [5.74, 6) is 1.31. The fourth-order valence-electron chi connectivity index (χ4n) is 3.78. The predicted molar refractivity (Wildman–Crippen MR) is 91.8 cm³/mol. The molecule has 0 aromatic heterocycles. The first-order chi connectivity index (χ1) is 10.7. The quantitative estimate of drug-likeness (QED) is 0.731. The van der Waals surface area contributed by atoms with Crippen molar-refractivity contribution in [2.75, 3.05) is 0 Å². The van der Waals surface area contributed by atoms with Crippen LogP contribution in [-0.4, -0.2) is 5.78 Å². The molecule has 0 N–H and O–H groups in total. The van der Waals surface area contributed by atoms with E-state index in [1.54, 1.807) is 0 Å². The molecule has 3 unspecified atom stereocenters. The van der Waals surface area contributed by atoms with Gasteiger partial charge in [-0.3, -0.25) is 4.79 Å². The van der Waals surface area contributed by atoms with Crippen LogP contribution in [0.4, 0.5) is 0 Å².